The van der Waals surface area contributed by atoms with Crippen LogP contribution < -0.4 is 0 Å². The van der Waals surface area contributed by atoms with Crippen molar-refractivity contribution in [3.8, 4) is 40.2 Å². The first kappa shape index (κ1) is 27.8. The van der Waals surface area contributed by atoms with Crippen molar-refractivity contribution in [1.29, 1.82) is 0 Å². The molecule has 11 aromatic rings. The molecule has 4 heterocycles. The van der Waals surface area contributed by atoms with E-state index in [9.17, 15) is 0 Å². The average Bonchev–Trinajstić information content (AvgIpc) is 3.90. The zero-order valence-corrected chi connectivity index (χ0v) is 27.0. The number of oxazole rings is 1. The number of hydrogen-bond donors (Lipinski definition) is 0. The minimum atomic E-state index is 0.477. The second-order valence-corrected chi connectivity index (χ2v) is 12.7. The molecular formula is C44H25N5O2. The second-order valence-electron chi connectivity index (χ2n) is 12.7. The van der Waals surface area contributed by atoms with Crippen LogP contribution >= 0.6 is 0 Å². The fraction of sp³-hybridized carbons (Fsp3) is 0. The van der Waals surface area contributed by atoms with Crippen LogP contribution in [-0.4, -0.2) is 24.5 Å². The molecule has 0 aliphatic carbocycles. The Morgan fingerprint density at radius 1 is 0.412 bits per heavy atom. The first-order chi connectivity index (χ1) is 25.3. The maximum atomic E-state index is 6.66. The van der Waals surface area contributed by atoms with Crippen LogP contribution in [0.4, 0.5) is 0 Å². The van der Waals surface area contributed by atoms with Crippen LogP contribution in [0.2, 0.25) is 0 Å². The molecule has 51 heavy (non-hydrogen) atoms. The Kier molecular flexibility index (Phi) is 5.83. The maximum absolute atomic E-state index is 6.66. The van der Waals surface area contributed by atoms with Crippen molar-refractivity contribution in [3.05, 3.63) is 152 Å². The van der Waals surface area contributed by atoms with Crippen LogP contribution in [0.25, 0.3) is 106 Å². The lowest BCUT2D eigenvalue weighted by Crippen LogP contribution is -2.06. The van der Waals surface area contributed by atoms with Crippen molar-refractivity contribution in [2.75, 3.05) is 0 Å². The molecule has 0 aliphatic rings. The maximum Gasteiger partial charge on any atom is 0.238 e. The van der Waals surface area contributed by atoms with Crippen molar-refractivity contribution in [3.63, 3.8) is 0 Å². The average molecular weight is 656 g/mol. The summed E-state index contributed by atoms with van der Waals surface area (Å²) >= 11 is 0. The highest BCUT2D eigenvalue weighted by Crippen LogP contribution is 2.41. The quantitative estimate of drug-likeness (QED) is 0.188. The molecule has 0 radical (unpaired) electrons. The third-order valence-electron chi connectivity index (χ3n) is 9.68. The van der Waals surface area contributed by atoms with Crippen LogP contribution in [0.3, 0.4) is 0 Å². The smallest absolute Gasteiger partial charge is 0.238 e. The van der Waals surface area contributed by atoms with Crippen molar-refractivity contribution < 1.29 is 8.83 Å². The topological polar surface area (TPSA) is 82.8 Å². The van der Waals surface area contributed by atoms with Gasteiger partial charge >= 0.3 is 0 Å². The first-order valence-electron chi connectivity index (χ1n) is 16.8. The van der Waals surface area contributed by atoms with Crippen LogP contribution in [0, 0.1) is 0 Å². The summed E-state index contributed by atoms with van der Waals surface area (Å²) < 4.78 is 15.1. The fourth-order valence-corrected chi connectivity index (χ4v) is 7.32. The van der Waals surface area contributed by atoms with E-state index < -0.39 is 0 Å². The normalized spacial score (nSPS) is 11.9. The summed E-state index contributed by atoms with van der Waals surface area (Å²) in [7, 11) is 0. The van der Waals surface area contributed by atoms with Crippen LogP contribution in [0.15, 0.2) is 160 Å². The standard InChI is InChI=1S/C44H25N5O2/c1-3-12-27(13-4-1)41-46-42(29-20-21-32-31-17-9-10-18-36(31)50-37(32)25-29)48-44(47-41)49-38-30-16-8-7-11-26(30)19-22-33(38)34-23-24-35-40(39(34)49)51-43(45-35)28-14-5-2-6-15-28/h1-25H. The molecular weight excluding hydrogens is 631 g/mol. The Bertz CT molecular complexity index is 3140. The molecule has 7 heteroatoms. The van der Waals surface area contributed by atoms with Gasteiger partial charge in [0, 0.05) is 43.6 Å². The first-order valence-corrected chi connectivity index (χ1v) is 16.8. The molecule has 0 N–H and O–H groups in total. The minimum Gasteiger partial charge on any atom is -0.456 e. The zero-order valence-electron chi connectivity index (χ0n) is 27.0. The predicted molar refractivity (Wildman–Crippen MR) is 203 cm³/mol. The number of hydrogen-bond acceptors (Lipinski definition) is 6. The van der Waals surface area contributed by atoms with Crippen LogP contribution in [0.5, 0.6) is 0 Å². The van der Waals surface area contributed by atoms with Gasteiger partial charge in [0.15, 0.2) is 17.2 Å². The monoisotopic (exact) mass is 655 g/mol. The van der Waals surface area contributed by atoms with Gasteiger partial charge in [-0.15, -0.1) is 0 Å². The molecule has 238 valence electrons. The van der Waals surface area contributed by atoms with Gasteiger partial charge < -0.3 is 8.83 Å². The number of rotatable bonds is 4. The molecule has 0 atom stereocenters. The molecule has 0 aliphatic heterocycles. The van der Waals surface area contributed by atoms with E-state index in [1.807, 2.05) is 91.0 Å². The molecule has 0 fully saturated rings. The van der Waals surface area contributed by atoms with Gasteiger partial charge in [-0.25, -0.2) is 9.97 Å². The third-order valence-corrected chi connectivity index (χ3v) is 9.68. The van der Waals surface area contributed by atoms with E-state index in [1.165, 1.54) is 0 Å². The molecule has 0 unspecified atom stereocenters. The number of aromatic nitrogens is 5. The Morgan fingerprint density at radius 3 is 1.90 bits per heavy atom. The van der Waals surface area contributed by atoms with E-state index in [2.05, 4.69) is 65.2 Å². The van der Waals surface area contributed by atoms with Gasteiger partial charge in [0.2, 0.25) is 11.8 Å². The summed E-state index contributed by atoms with van der Waals surface area (Å²) in [5.74, 6) is 2.13. The van der Waals surface area contributed by atoms with Gasteiger partial charge in [-0.3, -0.25) is 4.57 Å². The Labute approximate surface area is 290 Å². The summed E-state index contributed by atoms with van der Waals surface area (Å²) in [4.78, 5) is 20.4. The largest absolute Gasteiger partial charge is 0.456 e. The summed E-state index contributed by atoms with van der Waals surface area (Å²) in [5, 5.41) is 6.39. The van der Waals surface area contributed by atoms with Gasteiger partial charge in [-0.2, -0.15) is 9.97 Å². The lowest BCUT2D eigenvalue weighted by molar-refractivity contribution is 0.621. The van der Waals surface area contributed by atoms with E-state index >= 15 is 0 Å². The van der Waals surface area contributed by atoms with Crippen molar-refractivity contribution in [2.24, 2.45) is 0 Å². The van der Waals surface area contributed by atoms with Crippen LogP contribution in [0.1, 0.15) is 0 Å². The van der Waals surface area contributed by atoms with Gasteiger partial charge in [0.05, 0.1) is 5.52 Å². The van der Waals surface area contributed by atoms with Gasteiger partial charge in [0.25, 0.3) is 0 Å². The van der Waals surface area contributed by atoms with Gasteiger partial charge in [0.1, 0.15) is 22.2 Å². The third kappa shape index (κ3) is 4.25. The lowest BCUT2D eigenvalue weighted by atomic mass is 10.1. The SMILES string of the molecule is c1ccc(-c2nc(-c3ccc4c(c3)oc3ccccc34)nc(-n3c4c5ccccc5ccc4c4ccc5nc(-c6ccccc6)oc5c43)n2)cc1. The summed E-state index contributed by atoms with van der Waals surface area (Å²) in [5.41, 5.74) is 7.48. The number of fused-ring (bicyclic) bond motifs is 10. The van der Waals surface area contributed by atoms with E-state index in [0.717, 1.165) is 76.7 Å². The molecule has 4 aromatic heterocycles. The molecule has 7 nitrogen and oxygen atoms in total. The summed E-state index contributed by atoms with van der Waals surface area (Å²) in [6.45, 7) is 0. The Balaban J connectivity index is 1.25. The second kappa shape index (κ2) is 10.7. The number of nitrogens with zero attached hydrogens (tertiary/aromatic N) is 5. The summed E-state index contributed by atoms with van der Waals surface area (Å²) in [6.07, 6.45) is 0. The Hall–Kier alpha value is -7.12. The molecule has 7 aromatic carbocycles. The number of benzene rings is 7. The van der Waals surface area contributed by atoms with Gasteiger partial charge in [-0.05, 0) is 47.9 Å². The minimum absolute atomic E-state index is 0.477. The predicted octanol–water partition coefficient (Wildman–Crippen LogP) is 11.2. The highest BCUT2D eigenvalue weighted by atomic mass is 16.3. The number of furan rings is 1. The van der Waals surface area contributed by atoms with Crippen molar-refractivity contribution in [2.45, 2.75) is 0 Å². The molecule has 0 saturated heterocycles. The van der Waals surface area contributed by atoms with E-state index in [4.69, 9.17) is 28.8 Å². The molecule has 0 spiro atoms. The van der Waals surface area contributed by atoms with Crippen LogP contribution in [-0.2, 0) is 0 Å². The summed E-state index contributed by atoms with van der Waals surface area (Å²) in [6, 6.07) is 51.1. The fourth-order valence-electron chi connectivity index (χ4n) is 7.32. The Morgan fingerprint density at radius 2 is 1.06 bits per heavy atom. The van der Waals surface area contributed by atoms with Crippen molar-refractivity contribution in [1.82, 2.24) is 24.5 Å². The highest BCUT2D eigenvalue weighted by molar-refractivity contribution is 6.22. The molecule has 11 rings (SSSR count). The lowest BCUT2D eigenvalue weighted by Gasteiger charge is -2.12. The highest BCUT2D eigenvalue weighted by Gasteiger charge is 2.24. The molecule has 0 amide bonds. The van der Waals surface area contributed by atoms with Gasteiger partial charge in [-0.1, -0.05) is 109 Å². The number of para-hydroxylation sites is 1. The molecule has 0 saturated carbocycles. The van der Waals surface area contributed by atoms with E-state index in [0.29, 0.717) is 29.1 Å². The zero-order chi connectivity index (χ0) is 33.5. The molecule has 0 bridgehead atoms. The van der Waals surface area contributed by atoms with Crippen molar-refractivity contribution >= 4 is 65.6 Å². The van der Waals surface area contributed by atoms with E-state index in [1.54, 1.807) is 0 Å². The van der Waals surface area contributed by atoms with E-state index in [-0.39, 0.29) is 0 Å².